The third kappa shape index (κ3) is 3.98. The van der Waals surface area contributed by atoms with Gasteiger partial charge in [-0.05, 0) is 28.2 Å². The van der Waals surface area contributed by atoms with Crippen LogP contribution in [0.2, 0.25) is 0 Å². The summed E-state index contributed by atoms with van der Waals surface area (Å²) in [4.78, 5) is 14.2. The Hall–Kier alpha value is -1.10. The summed E-state index contributed by atoms with van der Waals surface area (Å²) < 4.78 is 40.5. The molecule has 0 atom stereocenters. The lowest BCUT2D eigenvalue weighted by atomic mass is 10.2. The largest absolute Gasteiger partial charge is 0.573 e. The molecule has 0 amide bonds. The Labute approximate surface area is 113 Å². The fourth-order valence-corrected chi connectivity index (χ4v) is 1.95. The molecule has 0 aromatic carbocycles. The zero-order chi connectivity index (χ0) is 13.9. The maximum Gasteiger partial charge on any atom is 0.573 e. The number of carbonyl (C=O) groups is 1. The van der Waals surface area contributed by atoms with Crippen LogP contribution in [0.1, 0.15) is 11.3 Å². The van der Waals surface area contributed by atoms with Crippen molar-refractivity contribution in [3.8, 4) is 5.75 Å². The van der Waals surface area contributed by atoms with Crippen LogP contribution < -0.4 is 10.5 Å². The zero-order valence-corrected chi connectivity index (χ0v) is 10.9. The molecule has 0 saturated heterocycles. The first-order chi connectivity index (χ1) is 8.24. The Balaban J connectivity index is 3.22. The molecule has 0 aliphatic carbocycles. The van der Waals surface area contributed by atoms with Crippen molar-refractivity contribution in [1.82, 2.24) is 4.98 Å². The molecule has 0 fully saturated rings. The molecule has 0 saturated carbocycles. The molecule has 0 aliphatic heterocycles. The molecule has 0 spiro atoms. The number of carboxylic acid groups (broad SMARTS) is 1. The molecule has 1 rings (SSSR count). The molecule has 5 nitrogen and oxygen atoms in total. The molecule has 0 unspecified atom stereocenters. The van der Waals surface area contributed by atoms with Crippen LogP contribution in [0.25, 0.3) is 0 Å². The summed E-state index contributed by atoms with van der Waals surface area (Å²) in [6.07, 6.45) is -4.14. The van der Waals surface area contributed by atoms with Crippen molar-refractivity contribution in [2.45, 2.75) is 19.3 Å². The number of hydrogen-bond acceptors (Lipinski definition) is 4. The van der Waals surface area contributed by atoms with E-state index in [0.717, 1.165) is 0 Å². The number of carboxylic acids is 1. The second kappa shape index (κ2) is 5.69. The minimum Gasteiger partial charge on any atom is -0.481 e. The number of ether oxygens (including phenoxy) is 1. The lowest BCUT2D eigenvalue weighted by Crippen LogP contribution is -2.21. The summed E-state index contributed by atoms with van der Waals surface area (Å²) in [5.41, 5.74) is 5.32. The van der Waals surface area contributed by atoms with Crippen molar-refractivity contribution < 1.29 is 27.8 Å². The van der Waals surface area contributed by atoms with Crippen LogP contribution in [-0.4, -0.2) is 22.4 Å². The molecule has 1 aromatic heterocycles. The van der Waals surface area contributed by atoms with Crippen molar-refractivity contribution in [3.63, 3.8) is 0 Å². The highest BCUT2D eigenvalue weighted by Crippen LogP contribution is 2.32. The number of pyridine rings is 1. The van der Waals surface area contributed by atoms with Crippen molar-refractivity contribution in [2.75, 3.05) is 0 Å². The lowest BCUT2D eigenvalue weighted by Gasteiger charge is -2.15. The van der Waals surface area contributed by atoms with Crippen LogP contribution in [-0.2, 0) is 17.8 Å². The van der Waals surface area contributed by atoms with Gasteiger partial charge in [0.15, 0.2) is 5.75 Å². The molecule has 9 heteroatoms. The smallest absolute Gasteiger partial charge is 0.481 e. The summed E-state index contributed by atoms with van der Waals surface area (Å²) in [5, 5.41) is 8.62. The topological polar surface area (TPSA) is 85.4 Å². The van der Waals surface area contributed by atoms with Gasteiger partial charge in [-0.2, -0.15) is 0 Å². The number of aliphatic carboxylic acids is 1. The number of nitrogens with zero attached hydrogens (tertiary/aromatic N) is 1. The van der Waals surface area contributed by atoms with Crippen molar-refractivity contribution >= 4 is 28.6 Å². The molecule has 18 heavy (non-hydrogen) atoms. The Kier molecular flexibility index (Phi) is 4.73. The van der Waals surface area contributed by atoms with E-state index in [9.17, 15) is 18.0 Å². The minimum atomic E-state index is -4.88. The predicted octanol–water partition coefficient (Wildman–Crippen LogP) is 1.67. The Morgan fingerprint density at radius 1 is 1.56 bits per heavy atom. The number of aromatic nitrogens is 1. The Morgan fingerprint density at radius 2 is 2.17 bits per heavy atom. The van der Waals surface area contributed by atoms with E-state index in [0.29, 0.717) is 0 Å². The molecule has 0 bridgehead atoms. The normalized spacial score (nSPS) is 11.4. The van der Waals surface area contributed by atoms with Gasteiger partial charge in [0.25, 0.3) is 0 Å². The third-order valence-corrected chi connectivity index (χ3v) is 3.06. The molecular formula is C9H8F3IN2O3. The van der Waals surface area contributed by atoms with Gasteiger partial charge in [0.1, 0.15) is 0 Å². The standard InChI is InChI=1S/C9H8F3IN2O3/c10-9(11,12)18-8-5(2-14)15-3-4(7(8)13)1-6(16)17/h3H,1-2,14H2,(H,16,17). The third-order valence-electron chi connectivity index (χ3n) is 1.87. The van der Waals surface area contributed by atoms with Crippen LogP contribution in [0, 0.1) is 3.57 Å². The van der Waals surface area contributed by atoms with Crippen LogP contribution >= 0.6 is 22.6 Å². The van der Waals surface area contributed by atoms with E-state index in [1.807, 2.05) is 0 Å². The van der Waals surface area contributed by atoms with Gasteiger partial charge >= 0.3 is 12.3 Å². The molecule has 1 aromatic rings. The second-order valence-corrected chi connectivity index (χ2v) is 4.27. The quantitative estimate of drug-likeness (QED) is 0.782. The molecular weight excluding hydrogens is 368 g/mol. The van der Waals surface area contributed by atoms with Crippen LogP contribution in [0.4, 0.5) is 13.2 Å². The van der Waals surface area contributed by atoms with Gasteiger partial charge in [-0.1, -0.05) is 0 Å². The van der Waals surface area contributed by atoms with Gasteiger partial charge in [-0.25, -0.2) is 0 Å². The molecule has 1 heterocycles. The number of nitrogens with two attached hydrogens (primary N) is 1. The SMILES string of the molecule is NCc1ncc(CC(=O)O)c(I)c1OC(F)(F)F. The maximum absolute atomic E-state index is 12.2. The average molecular weight is 376 g/mol. The second-order valence-electron chi connectivity index (χ2n) is 3.20. The van der Waals surface area contributed by atoms with Crippen LogP contribution in [0.3, 0.4) is 0 Å². The van der Waals surface area contributed by atoms with Gasteiger partial charge in [-0.15, -0.1) is 13.2 Å². The van der Waals surface area contributed by atoms with E-state index in [1.54, 1.807) is 22.6 Å². The maximum atomic E-state index is 12.2. The lowest BCUT2D eigenvalue weighted by molar-refractivity contribution is -0.275. The van der Waals surface area contributed by atoms with E-state index >= 15 is 0 Å². The van der Waals surface area contributed by atoms with Gasteiger partial charge < -0.3 is 15.6 Å². The van der Waals surface area contributed by atoms with Crippen LogP contribution in [0.5, 0.6) is 5.75 Å². The number of hydrogen-bond donors (Lipinski definition) is 2. The fourth-order valence-electron chi connectivity index (χ4n) is 1.19. The highest BCUT2D eigenvalue weighted by Gasteiger charge is 2.34. The molecule has 0 radical (unpaired) electrons. The van der Waals surface area contributed by atoms with E-state index < -0.39 is 24.5 Å². The Bertz CT molecular complexity index is 465. The monoisotopic (exact) mass is 376 g/mol. The Morgan fingerprint density at radius 3 is 2.61 bits per heavy atom. The number of halogens is 4. The first-order valence-corrected chi connectivity index (χ1v) is 5.66. The fraction of sp³-hybridized carbons (Fsp3) is 0.333. The van der Waals surface area contributed by atoms with Crippen molar-refractivity contribution in [3.05, 3.63) is 21.0 Å². The van der Waals surface area contributed by atoms with E-state index in [4.69, 9.17) is 10.8 Å². The molecule has 3 N–H and O–H groups in total. The predicted molar refractivity (Wildman–Crippen MR) is 62.9 cm³/mol. The molecule has 0 aliphatic rings. The van der Waals surface area contributed by atoms with Crippen LogP contribution in [0.15, 0.2) is 6.20 Å². The number of rotatable bonds is 4. The van der Waals surface area contributed by atoms with E-state index in [1.165, 1.54) is 6.20 Å². The van der Waals surface area contributed by atoms with Gasteiger partial charge in [0, 0.05) is 12.7 Å². The minimum absolute atomic E-state index is 0.0442. The summed E-state index contributed by atoms with van der Waals surface area (Å²) in [6.45, 7) is -0.241. The summed E-state index contributed by atoms with van der Waals surface area (Å²) in [7, 11) is 0. The van der Waals surface area contributed by atoms with Gasteiger partial charge in [0.2, 0.25) is 0 Å². The summed E-state index contributed by atoms with van der Waals surface area (Å²) in [5.74, 6) is -1.71. The van der Waals surface area contributed by atoms with E-state index in [2.05, 4.69) is 9.72 Å². The van der Waals surface area contributed by atoms with Gasteiger partial charge in [0.05, 0.1) is 15.7 Å². The number of alkyl halides is 3. The van der Waals surface area contributed by atoms with Gasteiger partial charge in [-0.3, -0.25) is 9.78 Å². The first-order valence-electron chi connectivity index (χ1n) is 4.58. The average Bonchev–Trinajstić information content (AvgIpc) is 2.22. The first kappa shape index (κ1) is 15.0. The van der Waals surface area contributed by atoms with Crippen molar-refractivity contribution in [2.24, 2.45) is 5.73 Å². The van der Waals surface area contributed by atoms with E-state index in [-0.39, 0.29) is 21.4 Å². The highest BCUT2D eigenvalue weighted by atomic mass is 127. The summed E-state index contributed by atoms with van der Waals surface area (Å²) >= 11 is 1.58. The highest BCUT2D eigenvalue weighted by molar-refractivity contribution is 14.1. The summed E-state index contributed by atoms with van der Waals surface area (Å²) in [6, 6.07) is 0. The zero-order valence-electron chi connectivity index (χ0n) is 8.79. The van der Waals surface area contributed by atoms with Crippen molar-refractivity contribution in [1.29, 1.82) is 0 Å². The molecule has 100 valence electrons.